The summed E-state index contributed by atoms with van der Waals surface area (Å²) in [5, 5.41) is 12.6. The molecule has 15 heteroatoms. The van der Waals surface area contributed by atoms with Crippen LogP contribution in [0.2, 0.25) is 5.02 Å². The molecule has 0 saturated heterocycles. The summed E-state index contributed by atoms with van der Waals surface area (Å²) in [6, 6.07) is 12.1. The van der Waals surface area contributed by atoms with Crippen molar-refractivity contribution in [2.75, 3.05) is 19.7 Å². The quantitative estimate of drug-likeness (QED) is 0.0412. The van der Waals surface area contributed by atoms with Crippen molar-refractivity contribution in [1.82, 2.24) is 19.9 Å². The van der Waals surface area contributed by atoms with Gasteiger partial charge in [0.15, 0.2) is 11.8 Å². The average molecular weight is 683 g/mol. The molecule has 2 aromatic carbocycles. The molecule has 4 aromatic rings. The summed E-state index contributed by atoms with van der Waals surface area (Å²) in [6.07, 6.45) is 3.57. The number of carbonyl (C=O) groups is 2. The summed E-state index contributed by atoms with van der Waals surface area (Å²) in [7, 11) is 0. The van der Waals surface area contributed by atoms with Crippen molar-refractivity contribution >= 4 is 40.5 Å². The van der Waals surface area contributed by atoms with Crippen LogP contribution >= 0.6 is 11.6 Å². The minimum Gasteiger partial charge on any atom is -0.481 e. The third kappa shape index (κ3) is 10.1. The molecular formula is C33H40ClFN8O5. The fourth-order valence-corrected chi connectivity index (χ4v) is 5.33. The van der Waals surface area contributed by atoms with Gasteiger partial charge < -0.3 is 37.3 Å². The molecule has 0 bridgehead atoms. The van der Waals surface area contributed by atoms with E-state index in [0.29, 0.717) is 48.2 Å². The number of carbonyl (C=O) groups excluding carboxylic acids is 1. The van der Waals surface area contributed by atoms with Crippen molar-refractivity contribution in [2.45, 2.75) is 57.5 Å². The van der Waals surface area contributed by atoms with E-state index in [1.54, 1.807) is 24.4 Å². The van der Waals surface area contributed by atoms with Crippen LogP contribution in [0.4, 0.5) is 4.39 Å². The van der Waals surface area contributed by atoms with E-state index in [0.717, 1.165) is 24.1 Å². The van der Waals surface area contributed by atoms with Gasteiger partial charge in [-0.1, -0.05) is 23.7 Å². The van der Waals surface area contributed by atoms with E-state index in [2.05, 4.69) is 20.3 Å². The predicted octanol–water partition coefficient (Wildman–Crippen LogP) is 3.55. The fourth-order valence-electron chi connectivity index (χ4n) is 5.09. The van der Waals surface area contributed by atoms with Gasteiger partial charge in [-0.25, -0.2) is 9.18 Å². The molecule has 2 atom stereocenters. The van der Waals surface area contributed by atoms with Gasteiger partial charge in [0.1, 0.15) is 12.3 Å². The molecule has 0 saturated carbocycles. The SMILES string of the molecule is C[C@H](NCCCN=C(N)N)c1ccc(-n2cc3cc(-c4cc(CCC[C@@H](N)COC(=O)CCC(=O)O)cc(Cl)c4F)[nH]c3nc2=O)cc1. The number of halogens is 2. The number of nitrogens with one attached hydrogen (secondary N) is 2. The number of carboxylic acid groups (broad SMARTS) is 1. The Morgan fingerprint density at radius 3 is 2.62 bits per heavy atom. The molecule has 0 fully saturated rings. The van der Waals surface area contributed by atoms with Gasteiger partial charge in [0, 0.05) is 35.8 Å². The number of ether oxygens (including phenoxy) is 1. The van der Waals surface area contributed by atoms with E-state index in [4.69, 9.17) is 38.6 Å². The minimum absolute atomic E-state index is 0.0269. The monoisotopic (exact) mass is 682 g/mol. The molecule has 0 aliphatic carbocycles. The number of benzene rings is 2. The van der Waals surface area contributed by atoms with E-state index in [-0.39, 0.29) is 42.0 Å². The zero-order valence-electron chi connectivity index (χ0n) is 26.5. The number of rotatable bonds is 17. The zero-order chi connectivity index (χ0) is 34.8. The van der Waals surface area contributed by atoms with Gasteiger partial charge in [0.05, 0.1) is 29.2 Å². The van der Waals surface area contributed by atoms with E-state index < -0.39 is 29.5 Å². The molecule has 48 heavy (non-hydrogen) atoms. The van der Waals surface area contributed by atoms with Gasteiger partial charge in [-0.2, -0.15) is 4.98 Å². The molecule has 0 amide bonds. The Hall–Kier alpha value is -4.79. The Bertz CT molecular complexity index is 1820. The molecule has 4 rings (SSSR count). The Balaban J connectivity index is 1.42. The first-order chi connectivity index (χ1) is 22.9. The number of aromatic nitrogens is 3. The van der Waals surface area contributed by atoms with Gasteiger partial charge >= 0.3 is 17.6 Å². The lowest BCUT2D eigenvalue weighted by atomic mass is 10.0. The average Bonchev–Trinajstić information content (AvgIpc) is 3.46. The molecule has 2 heterocycles. The van der Waals surface area contributed by atoms with Crippen LogP contribution < -0.4 is 28.2 Å². The van der Waals surface area contributed by atoms with Crippen LogP contribution in [0.1, 0.15) is 56.2 Å². The van der Waals surface area contributed by atoms with E-state index in [1.165, 1.54) is 4.57 Å². The fraction of sp³-hybridized carbons (Fsp3) is 0.364. The zero-order valence-corrected chi connectivity index (χ0v) is 27.3. The number of aromatic amines is 1. The van der Waals surface area contributed by atoms with Gasteiger partial charge in [-0.3, -0.25) is 19.1 Å². The van der Waals surface area contributed by atoms with Crippen LogP contribution in [0.25, 0.3) is 28.0 Å². The van der Waals surface area contributed by atoms with Crippen LogP contribution in [0, 0.1) is 5.82 Å². The smallest absolute Gasteiger partial charge is 0.354 e. The summed E-state index contributed by atoms with van der Waals surface area (Å²) in [4.78, 5) is 46.4. The lowest BCUT2D eigenvalue weighted by molar-refractivity contribution is -0.148. The summed E-state index contributed by atoms with van der Waals surface area (Å²) in [5.74, 6) is -2.23. The number of H-pyrrole nitrogens is 1. The van der Waals surface area contributed by atoms with Crippen molar-refractivity contribution in [2.24, 2.45) is 22.2 Å². The third-order valence-corrected chi connectivity index (χ3v) is 7.95. The number of aliphatic imine (C=N–C) groups is 1. The molecule has 13 nitrogen and oxygen atoms in total. The van der Waals surface area contributed by atoms with Crippen LogP contribution in [0.3, 0.4) is 0 Å². The second kappa shape index (κ2) is 16.9. The van der Waals surface area contributed by atoms with Gasteiger partial charge in [0.25, 0.3) is 0 Å². The normalized spacial score (nSPS) is 12.5. The Kier molecular flexibility index (Phi) is 12.7. The van der Waals surface area contributed by atoms with Crippen LogP contribution in [0.5, 0.6) is 0 Å². The van der Waals surface area contributed by atoms with Crippen LogP contribution in [-0.4, -0.2) is 63.3 Å². The van der Waals surface area contributed by atoms with Crippen molar-refractivity contribution in [3.63, 3.8) is 0 Å². The Morgan fingerprint density at radius 1 is 1.17 bits per heavy atom. The number of nitrogens with zero attached hydrogens (tertiary/aromatic N) is 3. The van der Waals surface area contributed by atoms with Gasteiger partial charge in [-0.05, 0) is 80.6 Å². The largest absolute Gasteiger partial charge is 0.481 e. The number of nitrogens with two attached hydrogens (primary N) is 3. The second-order valence-electron chi connectivity index (χ2n) is 11.5. The highest BCUT2D eigenvalue weighted by atomic mass is 35.5. The minimum atomic E-state index is -1.08. The van der Waals surface area contributed by atoms with Crippen LogP contribution in [-0.2, 0) is 20.7 Å². The highest BCUT2D eigenvalue weighted by molar-refractivity contribution is 6.31. The van der Waals surface area contributed by atoms with E-state index in [1.807, 2.05) is 31.2 Å². The van der Waals surface area contributed by atoms with Crippen molar-refractivity contribution in [3.05, 3.63) is 81.1 Å². The number of hydrogen-bond acceptors (Lipinski definition) is 8. The number of fused-ring (bicyclic) bond motifs is 1. The predicted molar refractivity (Wildman–Crippen MR) is 183 cm³/mol. The molecule has 256 valence electrons. The van der Waals surface area contributed by atoms with Crippen molar-refractivity contribution in [3.8, 4) is 16.9 Å². The topological polar surface area (TPSA) is 217 Å². The number of aliphatic carboxylic acids is 1. The van der Waals surface area contributed by atoms with E-state index in [9.17, 15) is 14.4 Å². The summed E-state index contributed by atoms with van der Waals surface area (Å²) in [5.41, 5.74) is 19.7. The third-order valence-electron chi connectivity index (χ3n) is 7.68. The summed E-state index contributed by atoms with van der Waals surface area (Å²) in [6.45, 7) is 3.29. The Labute approximate surface area is 281 Å². The molecule has 0 aliphatic heterocycles. The van der Waals surface area contributed by atoms with Gasteiger partial charge in [-0.15, -0.1) is 0 Å². The lowest BCUT2D eigenvalue weighted by Gasteiger charge is -2.15. The van der Waals surface area contributed by atoms with Crippen LogP contribution in [0.15, 0.2) is 58.4 Å². The Morgan fingerprint density at radius 2 is 1.92 bits per heavy atom. The molecule has 9 N–H and O–H groups in total. The number of hydrogen-bond donors (Lipinski definition) is 6. The highest BCUT2D eigenvalue weighted by Crippen LogP contribution is 2.31. The highest BCUT2D eigenvalue weighted by Gasteiger charge is 2.16. The van der Waals surface area contributed by atoms with E-state index >= 15 is 4.39 Å². The lowest BCUT2D eigenvalue weighted by Crippen LogP contribution is -2.28. The molecule has 2 aromatic heterocycles. The number of guanidine groups is 1. The second-order valence-corrected chi connectivity index (χ2v) is 11.9. The molecule has 0 spiro atoms. The number of carboxylic acids is 1. The summed E-state index contributed by atoms with van der Waals surface area (Å²) < 4.78 is 21.7. The number of esters is 1. The maximum absolute atomic E-state index is 15.2. The molecule has 0 unspecified atom stereocenters. The van der Waals surface area contributed by atoms with Crippen molar-refractivity contribution in [1.29, 1.82) is 0 Å². The standard InChI is InChI=1S/C33H40ClFN8O5/c1-19(39-12-3-13-40-32(37)38)21-6-8-24(9-7-21)43-17-22-16-27(41-31(22)42-33(43)47)25-14-20(15-26(34)30(25)35)4-2-5-23(36)18-48-29(46)11-10-28(44)45/h6-9,14-17,19,23,39H,2-5,10-13,18,36H2,1H3,(H,44,45)(H4,37,38,40)(H,41,42,47)/t19-,23+/m0/s1. The first kappa shape index (κ1) is 36.1. The van der Waals surface area contributed by atoms with Gasteiger partial charge in [0.2, 0.25) is 0 Å². The first-order valence-corrected chi connectivity index (χ1v) is 15.9. The summed E-state index contributed by atoms with van der Waals surface area (Å²) >= 11 is 6.26. The molecule has 0 aliphatic rings. The maximum atomic E-state index is 15.2. The molecular weight excluding hydrogens is 643 g/mol. The molecule has 0 radical (unpaired) electrons. The van der Waals surface area contributed by atoms with Crippen molar-refractivity contribution < 1.29 is 23.8 Å². The first-order valence-electron chi connectivity index (χ1n) is 15.5. The number of aryl methyl sites for hydroxylation is 1. The maximum Gasteiger partial charge on any atom is 0.354 e.